The molecule has 8 heteroatoms. The van der Waals surface area contributed by atoms with E-state index in [4.69, 9.17) is 23.2 Å². The van der Waals surface area contributed by atoms with E-state index in [1.165, 1.54) is 19.3 Å². The lowest BCUT2D eigenvalue weighted by Gasteiger charge is -2.30. The van der Waals surface area contributed by atoms with Crippen LogP contribution in [-0.4, -0.2) is 59.6 Å². The monoisotopic (exact) mass is 505 g/mol. The van der Waals surface area contributed by atoms with Gasteiger partial charge < -0.3 is 15.1 Å². The molecule has 0 radical (unpaired) electrons. The summed E-state index contributed by atoms with van der Waals surface area (Å²) in [5.74, 6) is 0.257. The van der Waals surface area contributed by atoms with Gasteiger partial charge in [0.1, 0.15) is 11.4 Å². The van der Waals surface area contributed by atoms with Crippen LogP contribution in [0.25, 0.3) is 0 Å². The Balaban J connectivity index is 1.52. The number of carbonyl (C=O) groups excluding carboxylic acids is 2. The largest absolute Gasteiger partial charge is 0.353 e. The topological polar surface area (TPSA) is 52.7 Å². The summed E-state index contributed by atoms with van der Waals surface area (Å²) in [7, 11) is 0. The number of nitrogens with zero attached hydrogens (tertiary/aromatic N) is 2. The standard InChI is InChI=1S/C25H29Cl2N3O2S/c1-17-5-7-18(8-6-17)24(32)30-22(23(31)28-11-14-29-12-3-2-4-13-29)16-33-25(30)19-9-10-20(26)21(27)15-19/h5-10,15,22,25H,2-4,11-14,16H2,1H3,(H,28,31). The maximum Gasteiger partial charge on any atom is 0.255 e. The molecular weight excluding hydrogens is 477 g/mol. The van der Waals surface area contributed by atoms with Crippen LogP contribution < -0.4 is 5.32 Å². The van der Waals surface area contributed by atoms with Crippen molar-refractivity contribution < 1.29 is 9.59 Å². The van der Waals surface area contributed by atoms with E-state index < -0.39 is 6.04 Å². The number of likely N-dealkylation sites (tertiary alicyclic amines) is 1. The summed E-state index contributed by atoms with van der Waals surface area (Å²) in [6.45, 7) is 5.59. The van der Waals surface area contributed by atoms with Crippen LogP contribution in [-0.2, 0) is 4.79 Å². The minimum Gasteiger partial charge on any atom is -0.353 e. The number of amides is 2. The van der Waals surface area contributed by atoms with Crippen LogP contribution in [0.1, 0.15) is 46.1 Å². The van der Waals surface area contributed by atoms with Gasteiger partial charge in [-0.3, -0.25) is 9.59 Å². The van der Waals surface area contributed by atoms with Crippen LogP contribution >= 0.6 is 35.0 Å². The number of halogens is 2. The first-order valence-electron chi connectivity index (χ1n) is 11.4. The summed E-state index contributed by atoms with van der Waals surface area (Å²) in [5, 5.41) is 3.66. The number of thioether (sulfide) groups is 1. The van der Waals surface area contributed by atoms with Crippen molar-refractivity contribution in [2.75, 3.05) is 31.9 Å². The van der Waals surface area contributed by atoms with Gasteiger partial charge in [0, 0.05) is 24.4 Å². The van der Waals surface area contributed by atoms with E-state index in [1.54, 1.807) is 28.8 Å². The fraction of sp³-hybridized carbons (Fsp3) is 0.440. The number of carbonyl (C=O) groups is 2. The van der Waals surface area contributed by atoms with E-state index in [0.29, 0.717) is 27.9 Å². The molecule has 4 rings (SSSR count). The highest BCUT2D eigenvalue weighted by molar-refractivity contribution is 7.99. The summed E-state index contributed by atoms with van der Waals surface area (Å²) in [6, 6.07) is 12.3. The molecule has 5 nitrogen and oxygen atoms in total. The predicted octanol–water partition coefficient (Wildman–Crippen LogP) is 5.16. The minimum absolute atomic E-state index is 0.109. The van der Waals surface area contributed by atoms with Crippen LogP contribution in [0.15, 0.2) is 42.5 Å². The first-order chi connectivity index (χ1) is 15.9. The fourth-order valence-electron chi connectivity index (χ4n) is 4.36. The number of rotatable bonds is 6. The maximum absolute atomic E-state index is 13.6. The highest BCUT2D eigenvalue weighted by Gasteiger charge is 2.42. The average molecular weight is 506 g/mol. The predicted molar refractivity (Wildman–Crippen MR) is 136 cm³/mol. The highest BCUT2D eigenvalue weighted by Crippen LogP contribution is 2.43. The highest BCUT2D eigenvalue weighted by atomic mass is 35.5. The molecule has 0 spiro atoms. The number of hydrogen-bond donors (Lipinski definition) is 1. The van der Waals surface area contributed by atoms with Gasteiger partial charge >= 0.3 is 0 Å². The Kier molecular flexibility index (Phi) is 8.23. The molecule has 2 amide bonds. The van der Waals surface area contributed by atoms with Gasteiger partial charge in [0.2, 0.25) is 5.91 Å². The van der Waals surface area contributed by atoms with Gasteiger partial charge in [0.15, 0.2) is 0 Å². The van der Waals surface area contributed by atoms with E-state index in [9.17, 15) is 9.59 Å². The maximum atomic E-state index is 13.6. The lowest BCUT2D eigenvalue weighted by Crippen LogP contribution is -2.49. The molecule has 2 aromatic carbocycles. The van der Waals surface area contributed by atoms with E-state index in [2.05, 4.69) is 10.2 Å². The summed E-state index contributed by atoms with van der Waals surface area (Å²) >= 11 is 14.0. The van der Waals surface area contributed by atoms with Gasteiger partial charge in [-0.1, -0.05) is 53.4 Å². The zero-order chi connectivity index (χ0) is 23.4. The second-order valence-electron chi connectivity index (χ2n) is 8.65. The van der Waals surface area contributed by atoms with Gasteiger partial charge in [-0.2, -0.15) is 0 Å². The Morgan fingerprint density at radius 2 is 1.76 bits per heavy atom. The molecule has 0 aliphatic carbocycles. The molecule has 2 fully saturated rings. The SMILES string of the molecule is Cc1ccc(C(=O)N2C(C(=O)NCCN3CCCCC3)CSC2c2ccc(Cl)c(Cl)c2)cc1. The van der Waals surface area contributed by atoms with Crippen LogP contribution in [0, 0.1) is 6.92 Å². The van der Waals surface area contributed by atoms with Crippen molar-refractivity contribution in [1.29, 1.82) is 0 Å². The summed E-state index contributed by atoms with van der Waals surface area (Å²) in [4.78, 5) is 30.9. The van der Waals surface area contributed by atoms with Crippen LogP contribution in [0.4, 0.5) is 0 Å². The number of nitrogens with one attached hydrogen (secondary N) is 1. The van der Waals surface area contributed by atoms with Crippen molar-refractivity contribution in [2.45, 2.75) is 37.6 Å². The molecule has 2 unspecified atom stereocenters. The van der Waals surface area contributed by atoms with Crippen LogP contribution in [0.2, 0.25) is 10.0 Å². The quantitative estimate of drug-likeness (QED) is 0.588. The molecular formula is C25H29Cl2N3O2S. The Hall–Kier alpha value is -1.73. The molecule has 2 aliphatic rings. The Morgan fingerprint density at radius 3 is 2.45 bits per heavy atom. The van der Waals surface area contributed by atoms with Crippen molar-refractivity contribution in [3.05, 3.63) is 69.2 Å². The molecule has 2 aromatic rings. The zero-order valence-electron chi connectivity index (χ0n) is 18.7. The zero-order valence-corrected chi connectivity index (χ0v) is 21.1. The number of hydrogen-bond acceptors (Lipinski definition) is 4. The smallest absolute Gasteiger partial charge is 0.255 e. The molecule has 176 valence electrons. The van der Waals surface area contributed by atoms with Crippen molar-refractivity contribution >= 4 is 46.8 Å². The second-order valence-corrected chi connectivity index (χ2v) is 10.6. The normalized spacial score (nSPS) is 21.2. The van der Waals surface area contributed by atoms with Crippen molar-refractivity contribution in [3.8, 4) is 0 Å². The van der Waals surface area contributed by atoms with Gasteiger partial charge in [-0.25, -0.2) is 0 Å². The Morgan fingerprint density at radius 1 is 1.03 bits per heavy atom. The van der Waals surface area contributed by atoms with Crippen molar-refractivity contribution in [2.24, 2.45) is 0 Å². The lowest BCUT2D eigenvalue weighted by molar-refractivity contribution is -0.124. The van der Waals surface area contributed by atoms with Crippen LogP contribution in [0.3, 0.4) is 0 Å². The molecule has 0 bridgehead atoms. The van der Waals surface area contributed by atoms with Gasteiger partial charge in [0.05, 0.1) is 10.0 Å². The first kappa shape index (κ1) is 24.4. The van der Waals surface area contributed by atoms with Crippen LogP contribution in [0.5, 0.6) is 0 Å². The number of aryl methyl sites for hydroxylation is 1. The third kappa shape index (κ3) is 5.86. The molecule has 2 aliphatic heterocycles. The van der Waals surface area contributed by atoms with E-state index in [0.717, 1.165) is 30.8 Å². The number of piperidine rings is 1. The number of benzene rings is 2. The third-order valence-corrected chi connectivity index (χ3v) is 8.30. The third-order valence-electron chi connectivity index (χ3n) is 6.24. The van der Waals surface area contributed by atoms with Gasteiger partial charge in [-0.05, 0) is 62.7 Å². The lowest BCUT2D eigenvalue weighted by atomic mass is 10.1. The van der Waals surface area contributed by atoms with Crippen molar-refractivity contribution in [3.63, 3.8) is 0 Å². The molecule has 33 heavy (non-hydrogen) atoms. The average Bonchev–Trinajstić information content (AvgIpc) is 3.27. The summed E-state index contributed by atoms with van der Waals surface area (Å²) in [6.07, 6.45) is 3.73. The minimum atomic E-state index is -0.551. The first-order valence-corrected chi connectivity index (χ1v) is 13.2. The molecule has 2 atom stereocenters. The molecule has 0 saturated carbocycles. The molecule has 0 aromatic heterocycles. The van der Waals surface area contributed by atoms with Gasteiger partial charge in [0.25, 0.3) is 5.91 Å². The van der Waals surface area contributed by atoms with Gasteiger partial charge in [-0.15, -0.1) is 11.8 Å². The summed E-state index contributed by atoms with van der Waals surface area (Å²) < 4.78 is 0. The van der Waals surface area contributed by atoms with E-state index in [-0.39, 0.29) is 17.2 Å². The second kappa shape index (κ2) is 11.1. The Labute approximate surface area is 209 Å². The molecule has 2 heterocycles. The fourth-order valence-corrected chi connectivity index (χ4v) is 6.09. The molecule has 1 N–H and O–H groups in total. The van der Waals surface area contributed by atoms with E-state index in [1.807, 2.05) is 37.3 Å². The summed E-state index contributed by atoms with van der Waals surface area (Å²) in [5.41, 5.74) is 2.51. The van der Waals surface area contributed by atoms with E-state index >= 15 is 0 Å². The molecule has 2 saturated heterocycles. The van der Waals surface area contributed by atoms with Crippen molar-refractivity contribution in [1.82, 2.24) is 15.1 Å². The Bertz CT molecular complexity index is 996.